The Morgan fingerprint density at radius 1 is 1.31 bits per heavy atom. The van der Waals surface area contributed by atoms with E-state index in [4.69, 9.17) is 10.2 Å². The molecule has 0 saturated heterocycles. The van der Waals surface area contributed by atoms with E-state index in [1.807, 2.05) is 0 Å². The maximum absolute atomic E-state index is 13.3. The van der Waals surface area contributed by atoms with Crippen molar-refractivity contribution in [1.29, 1.82) is 0 Å². The lowest BCUT2D eigenvalue weighted by Crippen LogP contribution is -2.23. The minimum absolute atomic E-state index is 0.218. The van der Waals surface area contributed by atoms with Gasteiger partial charge in [-0.2, -0.15) is 0 Å². The van der Waals surface area contributed by atoms with Crippen LogP contribution in [0.5, 0.6) is 0 Å². The highest BCUT2D eigenvalue weighted by Gasteiger charge is 2.25. The summed E-state index contributed by atoms with van der Waals surface area (Å²) in [5, 5.41) is 17.6. The highest BCUT2D eigenvalue weighted by Crippen LogP contribution is 2.26. The van der Waals surface area contributed by atoms with Gasteiger partial charge in [0.25, 0.3) is 0 Å². The molecular formula is C11H12F2O3. The number of carbonyl (C=O) groups is 1. The Kier molecular flexibility index (Phi) is 3.28. The van der Waals surface area contributed by atoms with E-state index in [0.717, 1.165) is 12.1 Å². The number of carboxylic acid groups (broad SMARTS) is 1. The molecule has 1 aromatic rings. The lowest BCUT2D eigenvalue weighted by molar-refractivity contribution is 0.0686. The Morgan fingerprint density at radius 3 is 2.06 bits per heavy atom. The van der Waals surface area contributed by atoms with Gasteiger partial charge in [-0.3, -0.25) is 0 Å². The first kappa shape index (κ1) is 12.6. The molecule has 0 fully saturated rings. The Balaban J connectivity index is 3.36. The second kappa shape index (κ2) is 4.17. The number of aromatic carboxylic acids is 1. The van der Waals surface area contributed by atoms with Crippen molar-refractivity contribution in [3.8, 4) is 0 Å². The van der Waals surface area contributed by atoms with Gasteiger partial charge in [-0.1, -0.05) is 13.8 Å². The molecule has 0 bridgehead atoms. The van der Waals surface area contributed by atoms with E-state index in [2.05, 4.69) is 0 Å². The van der Waals surface area contributed by atoms with Gasteiger partial charge >= 0.3 is 5.97 Å². The molecule has 0 aliphatic carbocycles. The van der Waals surface area contributed by atoms with E-state index in [9.17, 15) is 13.6 Å². The van der Waals surface area contributed by atoms with Crippen LogP contribution in [-0.4, -0.2) is 22.8 Å². The first-order chi connectivity index (χ1) is 7.29. The average molecular weight is 230 g/mol. The summed E-state index contributed by atoms with van der Waals surface area (Å²) in [5.41, 5.74) is -1.58. The largest absolute Gasteiger partial charge is 0.477 e. The zero-order valence-electron chi connectivity index (χ0n) is 8.92. The molecule has 1 rings (SSSR count). The predicted octanol–water partition coefficient (Wildman–Crippen LogP) is 1.93. The minimum Gasteiger partial charge on any atom is -0.477 e. The smallest absolute Gasteiger partial charge is 0.341 e. The van der Waals surface area contributed by atoms with Crippen LogP contribution in [0.2, 0.25) is 0 Å². The van der Waals surface area contributed by atoms with E-state index >= 15 is 0 Å². The standard InChI is InChI=1S/C11H12F2O3/c1-11(2,5-14)6-3-7(12)9(10(15)16)8(13)4-6/h3-4,14H,5H2,1-2H3,(H,15,16). The Hall–Kier alpha value is -1.49. The number of hydrogen-bond donors (Lipinski definition) is 2. The van der Waals surface area contributed by atoms with Gasteiger partial charge in [0, 0.05) is 5.41 Å². The summed E-state index contributed by atoms with van der Waals surface area (Å²) in [4.78, 5) is 10.5. The zero-order chi connectivity index (χ0) is 12.5. The third kappa shape index (κ3) is 2.19. The molecule has 88 valence electrons. The molecule has 16 heavy (non-hydrogen) atoms. The van der Waals surface area contributed by atoms with Crippen LogP contribution in [0.4, 0.5) is 8.78 Å². The lowest BCUT2D eigenvalue weighted by Gasteiger charge is -2.22. The summed E-state index contributed by atoms with van der Waals surface area (Å²) in [6.45, 7) is 2.90. The summed E-state index contributed by atoms with van der Waals surface area (Å²) in [6, 6.07) is 1.87. The second-order valence-corrected chi connectivity index (χ2v) is 4.16. The summed E-state index contributed by atoms with van der Waals surface area (Å²) in [5.74, 6) is -3.92. The molecule has 2 N–H and O–H groups in total. The van der Waals surface area contributed by atoms with Crippen molar-refractivity contribution in [2.75, 3.05) is 6.61 Å². The maximum atomic E-state index is 13.3. The molecular weight excluding hydrogens is 218 g/mol. The summed E-state index contributed by atoms with van der Waals surface area (Å²) < 4.78 is 26.7. The van der Waals surface area contributed by atoms with Crippen LogP contribution in [0.1, 0.15) is 29.8 Å². The molecule has 0 amide bonds. The van der Waals surface area contributed by atoms with Crippen molar-refractivity contribution in [3.05, 3.63) is 34.9 Å². The Morgan fingerprint density at radius 2 is 1.75 bits per heavy atom. The fourth-order valence-corrected chi connectivity index (χ4v) is 1.26. The van der Waals surface area contributed by atoms with Gasteiger partial charge in [0.1, 0.15) is 17.2 Å². The third-order valence-electron chi connectivity index (χ3n) is 2.43. The van der Waals surface area contributed by atoms with Crippen LogP contribution in [0.3, 0.4) is 0 Å². The SMILES string of the molecule is CC(C)(CO)c1cc(F)c(C(=O)O)c(F)c1. The zero-order valence-corrected chi connectivity index (χ0v) is 8.92. The van der Waals surface area contributed by atoms with Crippen LogP contribution in [0, 0.1) is 11.6 Å². The van der Waals surface area contributed by atoms with E-state index in [-0.39, 0.29) is 12.2 Å². The van der Waals surface area contributed by atoms with Crippen molar-refractivity contribution in [1.82, 2.24) is 0 Å². The Labute approximate surface area is 91.3 Å². The van der Waals surface area contributed by atoms with Crippen LogP contribution in [0.25, 0.3) is 0 Å². The van der Waals surface area contributed by atoms with Gasteiger partial charge in [0.05, 0.1) is 6.61 Å². The fraction of sp³-hybridized carbons (Fsp3) is 0.364. The molecule has 0 heterocycles. The topological polar surface area (TPSA) is 57.5 Å². The summed E-state index contributed by atoms with van der Waals surface area (Å²) >= 11 is 0. The molecule has 0 aromatic heterocycles. The van der Waals surface area contributed by atoms with Crippen LogP contribution in [0.15, 0.2) is 12.1 Å². The van der Waals surface area contributed by atoms with Crippen LogP contribution < -0.4 is 0 Å². The van der Waals surface area contributed by atoms with Crippen molar-refractivity contribution in [2.45, 2.75) is 19.3 Å². The number of rotatable bonds is 3. The van der Waals surface area contributed by atoms with E-state index < -0.39 is 28.6 Å². The first-order valence-electron chi connectivity index (χ1n) is 4.63. The lowest BCUT2D eigenvalue weighted by atomic mass is 9.85. The molecule has 5 heteroatoms. The Bertz CT molecular complexity index is 404. The second-order valence-electron chi connectivity index (χ2n) is 4.16. The quantitative estimate of drug-likeness (QED) is 0.834. The number of carboxylic acids is 1. The molecule has 0 atom stereocenters. The monoisotopic (exact) mass is 230 g/mol. The van der Waals surface area contributed by atoms with Crippen molar-refractivity contribution in [2.24, 2.45) is 0 Å². The van der Waals surface area contributed by atoms with E-state index in [1.54, 1.807) is 13.8 Å². The minimum atomic E-state index is -1.65. The molecule has 0 aliphatic rings. The van der Waals surface area contributed by atoms with Gasteiger partial charge in [0.15, 0.2) is 0 Å². The van der Waals surface area contributed by atoms with Gasteiger partial charge in [-0.25, -0.2) is 13.6 Å². The normalized spacial score (nSPS) is 11.6. The third-order valence-corrected chi connectivity index (χ3v) is 2.43. The predicted molar refractivity (Wildman–Crippen MR) is 53.4 cm³/mol. The fourth-order valence-electron chi connectivity index (χ4n) is 1.26. The maximum Gasteiger partial charge on any atom is 0.341 e. The van der Waals surface area contributed by atoms with Crippen molar-refractivity contribution >= 4 is 5.97 Å². The molecule has 0 unspecified atom stereocenters. The van der Waals surface area contributed by atoms with Crippen molar-refractivity contribution < 1.29 is 23.8 Å². The molecule has 0 aliphatic heterocycles. The van der Waals surface area contributed by atoms with Crippen LogP contribution in [-0.2, 0) is 5.41 Å². The number of aliphatic hydroxyl groups excluding tert-OH is 1. The average Bonchev–Trinajstić information content (AvgIpc) is 2.15. The van der Waals surface area contributed by atoms with Crippen molar-refractivity contribution in [3.63, 3.8) is 0 Å². The first-order valence-corrected chi connectivity index (χ1v) is 4.63. The molecule has 0 radical (unpaired) electrons. The number of halogens is 2. The molecule has 1 aromatic carbocycles. The van der Waals surface area contributed by atoms with Gasteiger partial charge < -0.3 is 10.2 Å². The van der Waals surface area contributed by atoms with Crippen LogP contribution >= 0.6 is 0 Å². The highest BCUT2D eigenvalue weighted by molar-refractivity contribution is 5.88. The summed E-state index contributed by atoms with van der Waals surface area (Å²) in [6.07, 6.45) is 0. The van der Waals surface area contributed by atoms with Gasteiger partial charge in [-0.15, -0.1) is 0 Å². The van der Waals surface area contributed by atoms with E-state index in [0.29, 0.717) is 0 Å². The highest BCUT2D eigenvalue weighted by atomic mass is 19.1. The molecule has 0 spiro atoms. The van der Waals surface area contributed by atoms with Gasteiger partial charge in [0.2, 0.25) is 0 Å². The molecule has 0 saturated carbocycles. The summed E-state index contributed by atoms with van der Waals surface area (Å²) in [7, 11) is 0. The number of aliphatic hydroxyl groups is 1. The number of hydrogen-bond acceptors (Lipinski definition) is 2. The van der Waals surface area contributed by atoms with E-state index in [1.165, 1.54) is 0 Å². The number of benzene rings is 1. The molecule has 3 nitrogen and oxygen atoms in total. The van der Waals surface area contributed by atoms with Gasteiger partial charge in [-0.05, 0) is 17.7 Å².